The molecule has 0 aromatic carbocycles. The zero-order chi connectivity index (χ0) is 16.0. The first kappa shape index (κ1) is 18.7. The average molecular weight is 315 g/mol. The first-order valence-corrected chi connectivity index (χ1v) is 8.00. The van der Waals surface area contributed by atoms with Crippen molar-refractivity contribution in [2.45, 2.75) is 26.2 Å². The summed E-state index contributed by atoms with van der Waals surface area (Å²) in [5.74, 6) is 1.05. The molecule has 7 nitrogen and oxygen atoms in total. The lowest BCUT2D eigenvalue weighted by molar-refractivity contribution is -0.140. The van der Waals surface area contributed by atoms with Gasteiger partial charge in [0.1, 0.15) is 0 Å². The van der Waals surface area contributed by atoms with Crippen molar-refractivity contribution in [2.75, 3.05) is 53.2 Å². The lowest BCUT2D eigenvalue weighted by Crippen LogP contribution is -2.38. The first-order valence-electron chi connectivity index (χ1n) is 8.00. The van der Waals surface area contributed by atoms with Crippen molar-refractivity contribution in [1.29, 1.82) is 0 Å². The first-order chi connectivity index (χ1) is 10.8. The van der Waals surface area contributed by atoms with E-state index in [1.165, 1.54) is 7.11 Å². The fraction of sp³-hybridized carbons (Fsp3) is 0.867. The molecule has 1 unspecified atom stereocenters. The molecule has 22 heavy (non-hydrogen) atoms. The Balaban J connectivity index is 2.08. The highest BCUT2D eigenvalue weighted by molar-refractivity contribution is 5.80. The van der Waals surface area contributed by atoms with E-state index in [0.29, 0.717) is 32.0 Å². The number of nitrogens with one attached hydrogen (secondary N) is 2. The van der Waals surface area contributed by atoms with E-state index in [-0.39, 0.29) is 5.97 Å². The molecule has 1 fully saturated rings. The molecule has 0 spiro atoms. The van der Waals surface area contributed by atoms with Gasteiger partial charge in [-0.3, -0.25) is 9.79 Å². The van der Waals surface area contributed by atoms with Crippen LogP contribution in [0.15, 0.2) is 4.99 Å². The molecule has 0 aromatic rings. The van der Waals surface area contributed by atoms with E-state index in [1.54, 1.807) is 0 Å². The second-order valence-corrected chi connectivity index (χ2v) is 5.17. The number of hydrogen-bond acceptors (Lipinski definition) is 5. The minimum Gasteiger partial charge on any atom is -0.469 e. The number of ether oxygens (including phenoxy) is 3. The van der Waals surface area contributed by atoms with E-state index in [1.807, 2.05) is 6.92 Å². The number of guanidine groups is 1. The van der Waals surface area contributed by atoms with Gasteiger partial charge < -0.3 is 24.8 Å². The smallest absolute Gasteiger partial charge is 0.307 e. The minimum absolute atomic E-state index is 0.229. The van der Waals surface area contributed by atoms with E-state index < -0.39 is 0 Å². The maximum atomic E-state index is 11.0. The molecule has 1 aliphatic heterocycles. The molecule has 0 saturated carbocycles. The monoisotopic (exact) mass is 315 g/mol. The zero-order valence-electron chi connectivity index (χ0n) is 13.7. The van der Waals surface area contributed by atoms with Crippen molar-refractivity contribution in [3.8, 4) is 0 Å². The number of carbonyl (C=O) groups is 1. The molecule has 0 amide bonds. The van der Waals surface area contributed by atoms with Crippen LogP contribution in [0.1, 0.15) is 26.2 Å². The highest BCUT2D eigenvalue weighted by Gasteiger charge is 2.15. The van der Waals surface area contributed by atoms with Gasteiger partial charge in [0.2, 0.25) is 0 Å². The number of aliphatic imine (C=N–C) groups is 1. The normalized spacial score (nSPS) is 18.3. The van der Waals surface area contributed by atoms with E-state index in [9.17, 15) is 4.79 Å². The van der Waals surface area contributed by atoms with Crippen molar-refractivity contribution in [2.24, 2.45) is 10.9 Å². The Labute approximate surface area is 132 Å². The van der Waals surface area contributed by atoms with Crippen molar-refractivity contribution in [3.05, 3.63) is 0 Å². The molecule has 1 aliphatic rings. The van der Waals surface area contributed by atoms with Crippen LogP contribution in [-0.2, 0) is 19.0 Å². The van der Waals surface area contributed by atoms with Crippen LogP contribution in [0.5, 0.6) is 0 Å². The second kappa shape index (κ2) is 12.2. The number of hydrogen-bond donors (Lipinski definition) is 2. The number of carbonyl (C=O) groups excluding carboxylic acids is 1. The highest BCUT2D eigenvalue weighted by atomic mass is 16.5. The van der Waals surface area contributed by atoms with Crippen molar-refractivity contribution >= 4 is 11.9 Å². The average Bonchev–Trinajstić information content (AvgIpc) is 3.03. The molecule has 0 bridgehead atoms. The molecule has 1 rings (SSSR count). The standard InChI is InChI=1S/C15H29N3O4/c1-3-16-15(18-8-5-14(19)20-2)17-7-4-9-21-11-13-6-10-22-12-13/h13H,3-12H2,1-2H3,(H2,16,17,18). The van der Waals surface area contributed by atoms with Gasteiger partial charge in [0.05, 0.1) is 26.7 Å². The lowest BCUT2D eigenvalue weighted by atomic mass is 10.1. The van der Waals surface area contributed by atoms with Crippen LogP contribution in [0, 0.1) is 5.92 Å². The predicted octanol–water partition coefficient (Wildman–Crippen LogP) is 0.548. The molecule has 1 heterocycles. The van der Waals surface area contributed by atoms with Gasteiger partial charge in [-0.05, 0) is 19.8 Å². The van der Waals surface area contributed by atoms with E-state index in [0.717, 1.165) is 45.2 Å². The molecule has 1 atom stereocenters. The lowest BCUT2D eigenvalue weighted by Gasteiger charge is -2.11. The summed E-state index contributed by atoms with van der Waals surface area (Å²) in [7, 11) is 1.39. The Morgan fingerprint density at radius 3 is 2.95 bits per heavy atom. The Morgan fingerprint density at radius 2 is 2.27 bits per heavy atom. The topological polar surface area (TPSA) is 81.2 Å². The number of rotatable bonds is 10. The molecule has 0 aliphatic carbocycles. The second-order valence-electron chi connectivity index (χ2n) is 5.17. The van der Waals surface area contributed by atoms with Crippen LogP contribution >= 0.6 is 0 Å². The maximum absolute atomic E-state index is 11.0. The van der Waals surface area contributed by atoms with Crippen LogP contribution in [0.3, 0.4) is 0 Å². The van der Waals surface area contributed by atoms with Gasteiger partial charge in [-0.25, -0.2) is 0 Å². The fourth-order valence-electron chi connectivity index (χ4n) is 2.05. The third kappa shape index (κ3) is 8.84. The van der Waals surface area contributed by atoms with Gasteiger partial charge in [-0.2, -0.15) is 0 Å². The van der Waals surface area contributed by atoms with Crippen LogP contribution < -0.4 is 10.6 Å². The summed E-state index contributed by atoms with van der Waals surface area (Å²) in [6, 6.07) is 0. The van der Waals surface area contributed by atoms with Gasteiger partial charge in [0.15, 0.2) is 5.96 Å². The van der Waals surface area contributed by atoms with Gasteiger partial charge in [-0.1, -0.05) is 0 Å². The largest absolute Gasteiger partial charge is 0.469 e. The summed E-state index contributed by atoms with van der Waals surface area (Å²) in [5.41, 5.74) is 0. The fourth-order valence-corrected chi connectivity index (χ4v) is 2.05. The van der Waals surface area contributed by atoms with Gasteiger partial charge >= 0.3 is 5.97 Å². The van der Waals surface area contributed by atoms with Gasteiger partial charge in [0, 0.05) is 38.8 Å². The van der Waals surface area contributed by atoms with Crippen LogP contribution in [0.25, 0.3) is 0 Å². The number of nitrogens with zero attached hydrogens (tertiary/aromatic N) is 1. The molecule has 0 radical (unpaired) electrons. The Hall–Kier alpha value is -1.34. The third-order valence-electron chi connectivity index (χ3n) is 3.29. The molecule has 2 N–H and O–H groups in total. The van der Waals surface area contributed by atoms with Crippen LogP contribution in [0.2, 0.25) is 0 Å². The van der Waals surface area contributed by atoms with Crippen molar-refractivity contribution in [1.82, 2.24) is 10.6 Å². The zero-order valence-corrected chi connectivity index (χ0v) is 13.7. The third-order valence-corrected chi connectivity index (χ3v) is 3.29. The van der Waals surface area contributed by atoms with Gasteiger partial charge in [0.25, 0.3) is 0 Å². The Bertz CT molecular complexity index is 331. The van der Waals surface area contributed by atoms with Gasteiger partial charge in [-0.15, -0.1) is 0 Å². The summed E-state index contributed by atoms with van der Waals surface area (Å²) in [4.78, 5) is 15.5. The molecule has 7 heteroatoms. The maximum Gasteiger partial charge on any atom is 0.307 e. The quantitative estimate of drug-likeness (QED) is 0.265. The number of esters is 1. The Kier molecular flexibility index (Phi) is 10.4. The van der Waals surface area contributed by atoms with Crippen LogP contribution in [-0.4, -0.2) is 65.1 Å². The van der Waals surface area contributed by atoms with Crippen molar-refractivity contribution in [3.63, 3.8) is 0 Å². The summed E-state index contributed by atoms with van der Waals surface area (Å²) in [6.07, 6.45) is 2.31. The molecule has 0 aromatic heterocycles. The SMILES string of the molecule is CCNC(=NCCCOCC1CCOC1)NCCC(=O)OC. The molecular formula is C15H29N3O4. The Morgan fingerprint density at radius 1 is 1.41 bits per heavy atom. The van der Waals surface area contributed by atoms with Crippen LogP contribution in [0.4, 0.5) is 0 Å². The molecule has 1 saturated heterocycles. The summed E-state index contributed by atoms with van der Waals surface area (Å²) in [6.45, 7) is 7.16. The van der Waals surface area contributed by atoms with E-state index in [2.05, 4.69) is 20.4 Å². The number of methoxy groups -OCH3 is 1. The summed E-state index contributed by atoms with van der Waals surface area (Å²) >= 11 is 0. The predicted molar refractivity (Wildman–Crippen MR) is 85.0 cm³/mol. The molecule has 128 valence electrons. The van der Waals surface area contributed by atoms with E-state index >= 15 is 0 Å². The highest BCUT2D eigenvalue weighted by Crippen LogP contribution is 2.12. The summed E-state index contributed by atoms with van der Waals surface area (Å²) < 4.78 is 15.5. The summed E-state index contributed by atoms with van der Waals surface area (Å²) in [5, 5.41) is 6.24. The van der Waals surface area contributed by atoms with E-state index in [4.69, 9.17) is 9.47 Å². The van der Waals surface area contributed by atoms with Crippen molar-refractivity contribution < 1.29 is 19.0 Å². The molecular weight excluding hydrogens is 286 g/mol. The minimum atomic E-state index is -0.229.